The molecule has 1 aromatic rings. The zero-order chi connectivity index (χ0) is 39.4. The van der Waals surface area contributed by atoms with Crippen LogP contribution in [0.25, 0.3) is 0 Å². The minimum Gasteiger partial charge on any atom is -0.481 e. The molecule has 12 atom stereocenters. The smallest absolute Gasteiger partial charge is 0.309 e. The number of esters is 1. The molecular formula is C45H65NO7S. The molecule has 0 aromatic heterocycles. The monoisotopic (exact) mass is 763 g/mol. The van der Waals surface area contributed by atoms with Gasteiger partial charge in [0.1, 0.15) is 6.10 Å². The fourth-order valence-corrected chi connectivity index (χ4v) is 15.8. The van der Waals surface area contributed by atoms with Gasteiger partial charge in [-0.25, -0.2) is 13.1 Å². The summed E-state index contributed by atoms with van der Waals surface area (Å²) >= 11 is 0. The molecule has 2 unspecified atom stereocenters. The quantitative estimate of drug-likeness (QED) is 0.190. The maximum Gasteiger partial charge on any atom is 0.309 e. The number of hydrogen-bond acceptors (Lipinski definition) is 6. The molecule has 0 saturated heterocycles. The summed E-state index contributed by atoms with van der Waals surface area (Å²) in [5.74, 6) is 1.30. The van der Waals surface area contributed by atoms with E-state index in [0.29, 0.717) is 35.5 Å². The molecule has 0 aliphatic heterocycles. The molecule has 9 heteroatoms. The number of ether oxygens (including phenoxy) is 1. The average molecular weight is 764 g/mol. The number of sulfonamides is 1. The largest absolute Gasteiger partial charge is 0.481 e. The Labute approximate surface area is 324 Å². The molecule has 6 aliphatic carbocycles. The number of nitrogens with one attached hydrogen (secondary N) is 1. The van der Waals surface area contributed by atoms with Crippen molar-refractivity contribution in [3.05, 3.63) is 42.5 Å². The Morgan fingerprint density at radius 2 is 1.56 bits per heavy atom. The van der Waals surface area contributed by atoms with E-state index < -0.39 is 33.3 Å². The summed E-state index contributed by atoms with van der Waals surface area (Å²) in [4.78, 5) is 39.0. The Balaban J connectivity index is 1.17. The second kappa shape index (κ2) is 12.9. The molecule has 0 radical (unpaired) electrons. The normalized spacial score (nSPS) is 42.1. The second-order valence-electron chi connectivity index (χ2n) is 20.8. The molecule has 0 bridgehead atoms. The standard InChI is InChI=1S/C45H65NO7S/c1-27(2)30-17-21-44(25-34(47)46-54(51,52)29-13-11-10-12-14-29)24-23-42(8)32(37(30)44)19-22-45-36-28(3)15-16-33(53-35(48)26-40(4,5)39(49)50)41(6,7)31(38(36)45)18-20-43(42,45)9/h10-14,28,30-33,36-38H,1,15-26H2,2-9H3,(H,46,47)(H,49,50)/t28-,30-,31+,32+,33-,36?,37+,38?,42+,43-,44+,45-/m0/s1. The number of carbonyl (C=O) groups is 3. The van der Waals surface area contributed by atoms with Gasteiger partial charge in [0.2, 0.25) is 5.91 Å². The summed E-state index contributed by atoms with van der Waals surface area (Å²) in [6.45, 7) is 22.1. The van der Waals surface area contributed by atoms with Crippen LogP contribution in [0.4, 0.5) is 0 Å². The van der Waals surface area contributed by atoms with E-state index in [9.17, 15) is 27.9 Å². The zero-order valence-electron chi connectivity index (χ0n) is 34.0. The Bertz CT molecular complexity index is 1820. The lowest BCUT2D eigenvalue weighted by Gasteiger charge is -2.68. The lowest BCUT2D eigenvalue weighted by atomic mass is 9.36. The van der Waals surface area contributed by atoms with Gasteiger partial charge in [0.15, 0.2) is 0 Å². The first kappa shape index (κ1) is 39.6. The van der Waals surface area contributed by atoms with Gasteiger partial charge >= 0.3 is 11.9 Å². The lowest BCUT2D eigenvalue weighted by molar-refractivity contribution is -0.202. The number of carboxylic acids is 1. The number of amides is 1. The number of hydrogen-bond donors (Lipinski definition) is 2. The van der Waals surface area contributed by atoms with E-state index >= 15 is 0 Å². The van der Waals surface area contributed by atoms with Crippen LogP contribution in [-0.2, 0) is 29.1 Å². The minimum atomic E-state index is -3.96. The number of aliphatic carboxylic acids is 1. The van der Waals surface area contributed by atoms with Crippen molar-refractivity contribution in [3.63, 3.8) is 0 Å². The number of allylic oxidation sites excluding steroid dienone is 1. The van der Waals surface area contributed by atoms with E-state index in [2.05, 4.69) is 52.8 Å². The van der Waals surface area contributed by atoms with Crippen molar-refractivity contribution in [2.24, 2.45) is 73.9 Å². The van der Waals surface area contributed by atoms with E-state index in [4.69, 9.17) is 4.74 Å². The molecule has 2 N–H and O–H groups in total. The van der Waals surface area contributed by atoms with E-state index in [1.807, 2.05) is 0 Å². The average Bonchev–Trinajstić information content (AvgIpc) is 3.62. The SMILES string of the molecule is C=C(C)[C@@H]1CC[C@]2(CC(=O)NS(=O)(=O)c3ccccc3)CC[C@]3(C)[C@H](CC[C@@]45C6C4[C@@H](C)CC[C@H](OC(=O)CC(C)(C)C(=O)O)C(C)(C)[C@@H]6CC[C@]53C)[C@@H]12. The zero-order valence-corrected chi connectivity index (χ0v) is 34.8. The number of carbonyl (C=O) groups excluding carboxylic acids is 2. The van der Waals surface area contributed by atoms with E-state index in [0.717, 1.165) is 64.2 Å². The van der Waals surface area contributed by atoms with Crippen LogP contribution in [0, 0.1) is 73.9 Å². The lowest BCUT2D eigenvalue weighted by Crippen LogP contribution is -2.62. The summed E-state index contributed by atoms with van der Waals surface area (Å²) in [5, 5.41) is 9.68. The van der Waals surface area contributed by atoms with Gasteiger partial charge in [-0.1, -0.05) is 65.0 Å². The van der Waals surface area contributed by atoms with Gasteiger partial charge in [-0.05, 0) is 160 Å². The third-order valence-electron chi connectivity index (χ3n) is 17.7. The summed E-state index contributed by atoms with van der Waals surface area (Å²) in [5.41, 5.74) is -0.0987. The van der Waals surface area contributed by atoms with Gasteiger partial charge < -0.3 is 9.84 Å². The van der Waals surface area contributed by atoms with Gasteiger partial charge in [0.25, 0.3) is 10.0 Å². The molecule has 0 heterocycles. The first-order valence-corrected chi connectivity index (χ1v) is 22.3. The molecule has 1 spiro atoms. The Hall–Kier alpha value is -2.68. The predicted molar refractivity (Wildman–Crippen MR) is 208 cm³/mol. The maximum absolute atomic E-state index is 13.8. The minimum absolute atomic E-state index is 0.0637. The number of benzene rings is 1. The highest BCUT2D eigenvalue weighted by Gasteiger charge is 2.83. The molecule has 1 aromatic carbocycles. The highest BCUT2D eigenvalue weighted by atomic mass is 32.2. The van der Waals surface area contributed by atoms with E-state index in [-0.39, 0.29) is 56.8 Å². The highest BCUT2D eigenvalue weighted by molar-refractivity contribution is 7.90. The number of rotatable bonds is 9. The van der Waals surface area contributed by atoms with Crippen molar-refractivity contribution in [1.29, 1.82) is 0 Å². The number of carboxylic acid groups (broad SMARTS) is 1. The molecular weight excluding hydrogens is 699 g/mol. The van der Waals surface area contributed by atoms with Gasteiger partial charge in [-0.3, -0.25) is 14.4 Å². The molecule has 298 valence electrons. The Morgan fingerprint density at radius 3 is 2.20 bits per heavy atom. The summed E-state index contributed by atoms with van der Waals surface area (Å²) in [6.07, 6.45) is 9.97. The fourth-order valence-electron chi connectivity index (χ4n) is 14.8. The Kier molecular flexibility index (Phi) is 9.47. The van der Waals surface area contributed by atoms with Crippen molar-refractivity contribution in [3.8, 4) is 0 Å². The summed E-state index contributed by atoms with van der Waals surface area (Å²) in [7, 11) is -3.96. The van der Waals surface area contributed by atoms with E-state index in [1.165, 1.54) is 17.7 Å². The molecule has 6 fully saturated rings. The summed E-state index contributed by atoms with van der Waals surface area (Å²) in [6, 6.07) is 8.17. The van der Waals surface area contributed by atoms with Crippen LogP contribution < -0.4 is 4.72 Å². The fraction of sp³-hybridized carbons (Fsp3) is 0.756. The van der Waals surface area contributed by atoms with Crippen LogP contribution in [-0.4, -0.2) is 37.5 Å². The van der Waals surface area contributed by atoms with Gasteiger partial charge in [-0.2, -0.15) is 0 Å². The molecule has 8 nitrogen and oxygen atoms in total. The van der Waals surface area contributed by atoms with Crippen molar-refractivity contribution in [1.82, 2.24) is 4.72 Å². The predicted octanol–water partition coefficient (Wildman–Crippen LogP) is 9.20. The van der Waals surface area contributed by atoms with Gasteiger partial charge in [0.05, 0.1) is 16.7 Å². The van der Waals surface area contributed by atoms with Crippen LogP contribution in [0.2, 0.25) is 0 Å². The van der Waals surface area contributed by atoms with Crippen LogP contribution in [0.1, 0.15) is 132 Å². The first-order chi connectivity index (χ1) is 25.1. The third kappa shape index (κ3) is 5.69. The maximum atomic E-state index is 13.8. The van der Waals surface area contributed by atoms with E-state index in [1.54, 1.807) is 32.0 Å². The van der Waals surface area contributed by atoms with Crippen LogP contribution in [0.5, 0.6) is 0 Å². The van der Waals surface area contributed by atoms with Crippen molar-refractivity contribution in [2.45, 2.75) is 143 Å². The summed E-state index contributed by atoms with van der Waals surface area (Å²) < 4.78 is 35.2. The van der Waals surface area contributed by atoms with Crippen molar-refractivity contribution < 1.29 is 32.6 Å². The van der Waals surface area contributed by atoms with Crippen LogP contribution in [0.3, 0.4) is 0 Å². The van der Waals surface area contributed by atoms with Crippen molar-refractivity contribution in [2.75, 3.05) is 0 Å². The molecule has 1 amide bonds. The molecule has 7 rings (SSSR count). The Morgan fingerprint density at radius 1 is 0.889 bits per heavy atom. The van der Waals surface area contributed by atoms with Crippen molar-refractivity contribution >= 4 is 27.9 Å². The molecule has 54 heavy (non-hydrogen) atoms. The number of fused-ring (bicyclic) bond motifs is 4. The second-order valence-corrected chi connectivity index (χ2v) is 22.4. The molecule has 6 saturated carbocycles. The highest BCUT2D eigenvalue weighted by Crippen LogP contribution is 2.89. The molecule has 6 aliphatic rings. The third-order valence-corrected chi connectivity index (χ3v) is 19.1. The van der Waals surface area contributed by atoms with Gasteiger partial charge in [0, 0.05) is 11.8 Å². The van der Waals surface area contributed by atoms with Gasteiger partial charge in [-0.15, -0.1) is 0 Å². The topological polar surface area (TPSA) is 127 Å². The first-order valence-electron chi connectivity index (χ1n) is 20.8. The van der Waals surface area contributed by atoms with Crippen LogP contribution >= 0.6 is 0 Å². The van der Waals surface area contributed by atoms with Crippen LogP contribution in [0.15, 0.2) is 47.4 Å².